The number of nitrogens with zero attached hydrogens (tertiary/aromatic N) is 1. The zero-order chi connectivity index (χ0) is 11.8. The highest BCUT2D eigenvalue weighted by atomic mass is 32.2. The van der Waals surface area contributed by atoms with Crippen LogP contribution in [0.15, 0.2) is 0 Å². The average molecular weight is 247 g/mol. The molecule has 2 N–H and O–H groups in total. The van der Waals surface area contributed by atoms with E-state index in [1.165, 1.54) is 0 Å². The van der Waals surface area contributed by atoms with Gasteiger partial charge in [-0.3, -0.25) is 0 Å². The van der Waals surface area contributed by atoms with Crippen LogP contribution in [0.5, 0.6) is 0 Å². The van der Waals surface area contributed by atoms with Gasteiger partial charge in [-0.25, -0.2) is 4.72 Å². The van der Waals surface area contributed by atoms with Crippen LogP contribution in [0.25, 0.3) is 0 Å². The smallest absolute Gasteiger partial charge is 0.279 e. The van der Waals surface area contributed by atoms with E-state index in [1.807, 2.05) is 13.8 Å². The van der Waals surface area contributed by atoms with E-state index >= 15 is 0 Å². The van der Waals surface area contributed by atoms with Gasteiger partial charge in [-0.05, 0) is 30.8 Å². The second-order valence-electron chi connectivity index (χ2n) is 5.24. The molecule has 0 saturated carbocycles. The predicted molar refractivity (Wildman–Crippen MR) is 63.2 cm³/mol. The van der Waals surface area contributed by atoms with E-state index in [-0.39, 0.29) is 0 Å². The van der Waals surface area contributed by atoms with Gasteiger partial charge in [0.1, 0.15) is 0 Å². The Labute approximate surface area is 97.8 Å². The molecule has 0 bridgehead atoms. The Balaban J connectivity index is 1.93. The fourth-order valence-electron chi connectivity index (χ4n) is 2.37. The Hall–Kier alpha value is -0.170. The van der Waals surface area contributed by atoms with Gasteiger partial charge in [0.05, 0.1) is 0 Å². The topological polar surface area (TPSA) is 61.4 Å². The summed E-state index contributed by atoms with van der Waals surface area (Å²) in [6.45, 7) is 7.79. The molecule has 2 aliphatic heterocycles. The molecule has 2 saturated heterocycles. The van der Waals surface area contributed by atoms with E-state index in [9.17, 15) is 8.42 Å². The van der Waals surface area contributed by atoms with Gasteiger partial charge in [0.15, 0.2) is 0 Å². The molecule has 0 aromatic rings. The molecule has 2 fully saturated rings. The summed E-state index contributed by atoms with van der Waals surface area (Å²) < 4.78 is 28.2. The van der Waals surface area contributed by atoms with Crippen molar-refractivity contribution < 1.29 is 8.42 Å². The summed E-state index contributed by atoms with van der Waals surface area (Å²) in [4.78, 5) is 0. The van der Waals surface area contributed by atoms with Gasteiger partial charge < -0.3 is 5.32 Å². The van der Waals surface area contributed by atoms with Crippen molar-refractivity contribution in [2.75, 3.05) is 32.7 Å². The first-order valence-corrected chi connectivity index (χ1v) is 7.38. The van der Waals surface area contributed by atoms with Gasteiger partial charge in [-0.1, -0.05) is 13.8 Å². The van der Waals surface area contributed by atoms with Gasteiger partial charge in [0, 0.05) is 19.6 Å². The number of hydrogen-bond acceptors (Lipinski definition) is 3. The van der Waals surface area contributed by atoms with Crippen molar-refractivity contribution in [2.45, 2.75) is 13.8 Å². The summed E-state index contributed by atoms with van der Waals surface area (Å²) in [5, 5.41) is 3.30. The molecule has 5 nitrogen and oxygen atoms in total. The molecule has 2 rings (SSSR count). The van der Waals surface area contributed by atoms with Gasteiger partial charge in [-0.2, -0.15) is 12.7 Å². The van der Waals surface area contributed by atoms with Crippen LogP contribution >= 0.6 is 0 Å². The van der Waals surface area contributed by atoms with Crippen LogP contribution in [0, 0.1) is 17.8 Å². The molecule has 2 aliphatic rings. The predicted octanol–water partition coefficient (Wildman–Crippen LogP) is -0.372. The van der Waals surface area contributed by atoms with Crippen LogP contribution in [0.3, 0.4) is 0 Å². The zero-order valence-corrected chi connectivity index (χ0v) is 10.8. The van der Waals surface area contributed by atoms with Crippen molar-refractivity contribution in [2.24, 2.45) is 17.8 Å². The van der Waals surface area contributed by atoms with Crippen LogP contribution in [0.1, 0.15) is 13.8 Å². The van der Waals surface area contributed by atoms with E-state index in [4.69, 9.17) is 0 Å². The number of hydrogen-bond donors (Lipinski definition) is 2. The molecule has 0 radical (unpaired) electrons. The van der Waals surface area contributed by atoms with Crippen LogP contribution < -0.4 is 10.0 Å². The normalized spacial score (nSPS) is 31.2. The zero-order valence-electron chi connectivity index (χ0n) is 9.94. The van der Waals surface area contributed by atoms with Gasteiger partial charge in [0.2, 0.25) is 0 Å². The molecule has 2 atom stereocenters. The first-order chi connectivity index (χ1) is 7.49. The van der Waals surface area contributed by atoms with Crippen molar-refractivity contribution in [1.82, 2.24) is 14.3 Å². The summed E-state index contributed by atoms with van der Waals surface area (Å²) in [6.07, 6.45) is 0. The Bertz CT molecular complexity index is 330. The third-order valence-electron chi connectivity index (χ3n) is 3.37. The summed E-state index contributed by atoms with van der Waals surface area (Å²) in [5.74, 6) is 1.37. The standard InChI is InChI=1S/C10H21N3O2S/c1-8(2)3-12-16(14,15)13-6-9-4-11-5-10(9)7-13/h8-12H,3-7H2,1-2H3/t9-,10+. The summed E-state index contributed by atoms with van der Waals surface area (Å²) in [7, 11) is -3.24. The Morgan fingerprint density at radius 3 is 2.38 bits per heavy atom. The summed E-state index contributed by atoms with van der Waals surface area (Å²) >= 11 is 0. The van der Waals surface area contributed by atoms with Crippen LogP contribution in [-0.4, -0.2) is 45.4 Å². The molecule has 0 aromatic carbocycles. The second-order valence-corrected chi connectivity index (χ2v) is 7.00. The fraction of sp³-hybridized carbons (Fsp3) is 1.00. The van der Waals surface area contributed by atoms with Crippen molar-refractivity contribution in [3.05, 3.63) is 0 Å². The van der Waals surface area contributed by atoms with Crippen LogP contribution in [0.4, 0.5) is 0 Å². The Kier molecular flexibility index (Phi) is 3.53. The molecule has 0 aliphatic carbocycles. The second kappa shape index (κ2) is 4.60. The third-order valence-corrected chi connectivity index (χ3v) is 4.88. The lowest BCUT2D eigenvalue weighted by atomic mass is 10.0. The van der Waals surface area contributed by atoms with Crippen LogP contribution in [0.2, 0.25) is 0 Å². The summed E-state index contributed by atoms with van der Waals surface area (Å²) in [6, 6.07) is 0. The van der Waals surface area contributed by atoms with Crippen molar-refractivity contribution in [3.63, 3.8) is 0 Å². The van der Waals surface area contributed by atoms with E-state index in [0.29, 0.717) is 37.4 Å². The molecule has 0 spiro atoms. The highest BCUT2D eigenvalue weighted by molar-refractivity contribution is 7.87. The summed E-state index contributed by atoms with van der Waals surface area (Å²) in [5.41, 5.74) is 0. The number of nitrogens with one attached hydrogen (secondary N) is 2. The van der Waals surface area contributed by atoms with E-state index in [1.54, 1.807) is 4.31 Å². The average Bonchev–Trinajstić information content (AvgIpc) is 2.73. The van der Waals surface area contributed by atoms with E-state index in [0.717, 1.165) is 13.1 Å². The lowest BCUT2D eigenvalue weighted by Crippen LogP contribution is -2.42. The van der Waals surface area contributed by atoms with E-state index < -0.39 is 10.2 Å². The lowest BCUT2D eigenvalue weighted by Gasteiger charge is -2.18. The molecule has 16 heavy (non-hydrogen) atoms. The molecule has 0 aromatic heterocycles. The SMILES string of the molecule is CC(C)CNS(=O)(=O)N1C[C@H]2CNC[C@H]2C1. The first-order valence-electron chi connectivity index (χ1n) is 5.94. The maximum atomic E-state index is 12.0. The maximum absolute atomic E-state index is 12.0. The van der Waals surface area contributed by atoms with Gasteiger partial charge >= 0.3 is 0 Å². The molecular formula is C10H21N3O2S. The van der Waals surface area contributed by atoms with Crippen molar-refractivity contribution >= 4 is 10.2 Å². The molecule has 0 unspecified atom stereocenters. The Morgan fingerprint density at radius 1 is 1.31 bits per heavy atom. The van der Waals surface area contributed by atoms with Crippen molar-refractivity contribution in [3.8, 4) is 0 Å². The first kappa shape index (κ1) is 12.3. The molecule has 2 heterocycles. The maximum Gasteiger partial charge on any atom is 0.279 e. The minimum Gasteiger partial charge on any atom is -0.316 e. The highest BCUT2D eigenvalue weighted by Crippen LogP contribution is 2.27. The third kappa shape index (κ3) is 2.56. The quantitative estimate of drug-likeness (QED) is 0.712. The van der Waals surface area contributed by atoms with Crippen LogP contribution in [-0.2, 0) is 10.2 Å². The Morgan fingerprint density at radius 2 is 1.88 bits per heavy atom. The molecule has 94 valence electrons. The number of rotatable bonds is 4. The molecular weight excluding hydrogens is 226 g/mol. The molecule has 0 amide bonds. The monoisotopic (exact) mass is 247 g/mol. The minimum absolute atomic E-state index is 0.346. The largest absolute Gasteiger partial charge is 0.316 e. The fourth-order valence-corrected chi connectivity index (χ4v) is 3.87. The van der Waals surface area contributed by atoms with E-state index in [2.05, 4.69) is 10.0 Å². The van der Waals surface area contributed by atoms with Gasteiger partial charge in [-0.15, -0.1) is 0 Å². The number of fused-ring (bicyclic) bond motifs is 1. The van der Waals surface area contributed by atoms with Gasteiger partial charge in [0.25, 0.3) is 10.2 Å². The highest BCUT2D eigenvalue weighted by Gasteiger charge is 2.40. The molecule has 6 heteroatoms. The lowest BCUT2D eigenvalue weighted by molar-refractivity contribution is 0.433. The van der Waals surface area contributed by atoms with Crippen molar-refractivity contribution in [1.29, 1.82) is 0 Å². The minimum atomic E-state index is -3.24.